The number of Topliss-reactive ketones (excluding diaryl/α,β-unsaturated/α-hetero) is 1. The van der Waals surface area contributed by atoms with Crippen LogP contribution in [0, 0.1) is 11.7 Å². The number of halogens is 1. The highest BCUT2D eigenvalue weighted by Gasteiger charge is 2.40. The van der Waals surface area contributed by atoms with Crippen LogP contribution < -0.4 is 0 Å². The Morgan fingerprint density at radius 3 is 2.82 bits per heavy atom. The van der Waals surface area contributed by atoms with Crippen molar-refractivity contribution in [1.29, 1.82) is 0 Å². The first-order chi connectivity index (χ1) is 16.5. The molecule has 182 valence electrons. The first-order valence-electron chi connectivity index (χ1n) is 11.9. The van der Waals surface area contributed by atoms with Crippen LogP contribution in [-0.2, 0) is 20.9 Å². The van der Waals surface area contributed by atoms with Gasteiger partial charge in [-0.1, -0.05) is 23.4 Å². The van der Waals surface area contributed by atoms with Crippen LogP contribution in [0.15, 0.2) is 36.0 Å². The van der Waals surface area contributed by atoms with E-state index >= 15 is 0 Å². The number of ether oxygens (including phenoxy) is 1. The molecule has 1 aromatic heterocycles. The van der Waals surface area contributed by atoms with Crippen LogP contribution in [0.4, 0.5) is 4.39 Å². The second kappa shape index (κ2) is 11.3. The second-order valence-corrected chi connectivity index (χ2v) is 9.51. The molecular formula is C25H31FN4O3S. The monoisotopic (exact) mass is 486 g/mol. The molecule has 7 nitrogen and oxygen atoms in total. The van der Waals surface area contributed by atoms with Crippen molar-refractivity contribution in [3.63, 3.8) is 0 Å². The zero-order valence-corrected chi connectivity index (χ0v) is 20.3. The second-order valence-electron chi connectivity index (χ2n) is 8.89. The quantitative estimate of drug-likeness (QED) is 0.406. The molecule has 2 atom stereocenters. The molecule has 1 aromatic carbocycles. The van der Waals surface area contributed by atoms with Gasteiger partial charge >= 0.3 is 5.97 Å². The molecule has 1 saturated heterocycles. The van der Waals surface area contributed by atoms with Gasteiger partial charge in [0, 0.05) is 42.8 Å². The Kier molecular flexibility index (Phi) is 8.15. The molecule has 1 saturated carbocycles. The first kappa shape index (κ1) is 24.6. The number of aromatic nitrogens is 3. The lowest BCUT2D eigenvalue weighted by molar-refractivity contribution is -0.143. The lowest BCUT2D eigenvalue weighted by Gasteiger charge is -2.37. The number of nitrogens with zero attached hydrogens (tertiary/aromatic N) is 4. The van der Waals surface area contributed by atoms with Crippen LogP contribution in [0.1, 0.15) is 56.3 Å². The summed E-state index contributed by atoms with van der Waals surface area (Å²) in [6.07, 6.45) is 7.12. The van der Waals surface area contributed by atoms with Gasteiger partial charge < -0.3 is 4.74 Å². The van der Waals surface area contributed by atoms with Gasteiger partial charge in [-0.3, -0.25) is 14.5 Å². The van der Waals surface area contributed by atoms with Crippen LogP contribution in [0.2, 0.25) is 0 Å². The van der Waals surface area contributed by atoms with E-state index in [2.05, 4.69) is 15.2 Å². The number of carbonyl (C=O) groups is 2. The number of rotatable bonds is 10. The average molecular weight is 487 g/mol. The highest BCUT2D eigenvalue weighted by atomic mass is 32.1. The Morgan fingerprint density at radius 1 is 1.29 bits per heavy atom. The largest absolute Gasteiger partial charge is 0.466 e. The third kappa shape index (κ3) is 5.93. The zero-order chi connectivity index (χ0) is 24.1. The third-order valence-electron chi connectivity index (χ3n) is 6.35. The van der Waals surface area contributed by atoms with Gasteiger partial charge in [0.05, 0.1) is 24.5 Å². The fraction of sp³-hybridized carbons (Fsp3) is 0.520. The number of piperidine rings is 1. The van der Waals surface area contributed by atoms with Gasteiger partial charge in [0.15, 0.2) is 5.78 Å². The van der Waals surface area contributed by atoms with Crippen LogP contribution in [-0.4, -0.2) is 56.6 Å². The number of benzene rings is 1. The SMILES string of the molecule is CCOC(=O)CCCn1nncc1/C=C1/CN(C(C(=O)C2CC2)c2ccccc2F)CCC1S. The van der Waals surface area contributed by atoms with Crippen molar-refractivity contribution in [2.24, 2.45) is 5.92 Å². The van der Waals surface area contributed by atoms with Gasteiger partial charge in [-0.25, -0.2) is 9.07 Å². The summed E-state index contributed by atoms with van der Waals surface area (Å²) in [6, 6.07) is 5.99. The van der Waals surface area contributed by atoms with Gasteiger partial charge in [0.1, 0.15) is 5.82 Å². The standard InChI is InChI=1S/C25H31FN4O3S/c1-2-33-23(31)8-5-12-30-19(15-27-28-30)14-18-16-29(13-11-22(18)34)24(25(32)17-9-10-17)20-6-3-4-7-21(20)26/h3-4,6-7,14-15,17,22,24,34H,2,5,8-13,16H2,1H3/b18-14-. The van der Waals surface area contributed by atoms with E-state index in [1.807, 2.05) is 6.08 Å². The number of aryl methyl sites for hydroxylation is 1. The van der Waals surface area contributed by atoms with Gasteiger partial charge in [-0.15, -0.1) is 5.10 Å². The van der Waals surface area contributed by atoms with E-state index < -0.39 is 6.04 Å². The number of ketones is 1. The molecule has 0 amide bonds. The smallest absolute Gasteiger partial charge is 0.305 e. The Morgan fingerprint density at radius 2 is 2.09 bits per heavy atom. The maximum Gasteiger partial charge on any atom is 0.305 e. The third-order valence-corrected chi connectivity index (χ3v) is 6.94. The van der Waals surface area contributed by atoms with Crippen LogP contribution in [0.5, 0.6) is 0 Å². The Balaban J connectivity index is 1.52. The summed E-state index contributed by atoms with van der Waals surface area (Å²) >= 11 is 4.78. The van der Waals surface area contributed by atoms with E-state index in [1.54, 1.807) is 36.0 Å². The molecule has 2 unspecified atom stereocenters. The molecule has 2 fully saturated rings. The van der Waals surface area contributed by atoms with E-state index in [4.69, 9.17) is 17.4 Å². The maximum atomic E-state index is 14.7. The summed E-state index contributed by atoms with van der Waals surface area (Å²) in [5.41, 5.74) is 2.30. The minimum atomic E-state index is -0.592. The van der Waals surface area contributed by atoms with Crippen molar-refractivity contribution in [1.82, 2.24) is 19.9 Å². The molecule has 1 aliphatic carbocycles. The summed E-state index contributed by atoms with van der Waals surface area (Å²) in [6.45, 7) is 3.88. The topological polar surface area (TPSA) is 77.3 Å². The van der Waals surface area contributed by atoms with Crippen LogP contribution >= 0.6 is 12.6 Å². The molecule has 0 N–H and O–H groups in total. The van der Waals surface area contributed by atoms with E-state index in [9.17, 15) is 14.0 Å². The first-order valence-corrected chi connectivity index (χ1v) is 12.4. The van der Waals surface area contributed by atoms with Crippen molar-refractivity contribution in [3.8, 4) is 0 Å². The van der Waals surface area contributed by atoms with Crippen LogP contribution in [0.3, 0.4) is 0 Å². The molecule has 0 spiro atoms. The molecule has 0 radical (unpaired) electrons. The van der Waals surface area contributed by atoms with Crippen molar-refractivity contribution in [2.45, 2.75) is 56.9 Å². The number of carbonyl (C=O) groups excluding carboxylic acids is 2. The normalized spacial score (nSPS) is 20.9. The highest BCUT2D eigenvalue weighted by Crippen LogP contribution is 2.39. The average Bonchev–Trinajstić information content (AvgIpc) is 3.58. The molecule has 2 aromatic rings. The molecule has 0 bridgehead atoms. The number of likely N-dealkylation sites (tertiary alicyclic amines) is 1. The zero-order valence-electron chi connectivity index (χ0n) is 19.4. The lowest BCUT2D eigenvalue weighted by Crippen LogP contribution is -2.42. The van der Waals surface area contributed by atoms with Crippen molar-refractivity contribution in [3.05, 3.63) is 53.1 Å². The van der Waals surface area contributed by atoms with Crippen LogP contribution in [0.25, 0.3) is 6.08 Å². The Hall–Kier alpha value is -2.52. The number of thiol groups is 1. The fourth-order valence-corrected chi connectivity index (χ4v) is 4.69. The minimum absolute atomic E-state index is 0.0239. The van der Waals surface area contributed by atoms with Gasteiger partial charge in [0.2, 0.25) is 0 Å². The minimum Gasteiger partial charge on any atom is -0.466 e. The summed E-state index contributed by atoms with van der Waals surface area (Å²) in [5, 5.41) is 8.20. The maximum absolute atomic E-state index is 14.7. The molecule has 4 rings (SSSR count). The number of hydrogen-bond donors (Lipinski definition) is 1. The van der Waals surface area contributed by atoms with Crippen molar-refractivity contribution in [2.75, 3.05) is 19.7 Å². The summed E-state index contributed by atoms with van der Waals surface area (Å²) in [5.74, 6) is -0.437. The predicted octanol–water partition coefficient (Wildman–Crippen LogP) is 3.87. The Bertz CT molecular complexity index is 1050. The summed E-state index contributed by atoms with van der Waals surface area (Å²) < 4.78 is 21.5. The van der Waals surface area contributed by atoms with E-state index in [0.29, 0.717) is 44.6 Å². The predicted molar refractivity (Wildman–Crippen MR) is 130 cm³/mol. The highest BCUT2D eigenvalue weighted by molar-refractivity contribution is 7.81. The fourth-order valence-electron chi connectivity index (χ4n) is 4.42. The molecular weight excluding hydrogens is 455 g/mol. The van der Waals surface area contributed by atoms with Crippen molar-refractivity contribution < 1.29 is 18.7 Å². The van der Waals surface area contributed by atoms with Gasteiger partial charge in [0.25, 0.3) is 0 Å². The molecule has 9 heteroatoms. The van der Waals surface area contributed by atoms with Gasteiger partial charge in [-0.05, 0) is 50.3 Å². The molecule has 2 heterocycles. The number of hydrogen-bond acceptors (Lipinski definition) is 7. The molecule has 2 aliphatic rings. The van der Waals surface area contributed by atoms with E-state index in [1.165, 1.54) is 6.07 Å². The lowest BCUT2D eigenvalue weighted by atomic mass is 9.93. The van der Waals surface area contributed by atoms with Crippen molar-refractivity contribution >= 4 is 30.5 Å². The van der Waals surface area contributed by atoms with Gasteiger partial charge in [-0.2, -0.15) is 12.6 Å². The summed E-state index contributed by atoms with van der Waals surface area (Å²) in [4.78, 5) is 26.9. The Labute approximate surface area is 204 Å². The van der Waals surface area contributed by atoms with E-state index in [-0.39, 0.29) is 28.7 Å². The summed E-state index contributed by atoms with van der Waals surface area (Å²) in [7, 11) is 0. The molecule has 1 aliphatic heterocycles. The molecule has 34 heavy (non-hydrogen) atoms. The van der Waals surface area contributed by atoms with E-state index in [0.717, 1.165) is 30.5 Å². The number of esters is 1.